The minimum absolute atomic E-state index is 0.100. The molecule has 2 amide bonds. The first-order valence-electron chi connectivity index (χ1n) is 16.3. The Kier molecular flexibility index (Phi) is 12.9. The third-order valence-electron chi connectivity index (χ3n) is 8.49. The first kappa shape index (κ1) is 35.6. The van der Waals surface area contributed by atoms with Crippen LogP contribution in [0, 0.1) is 5.92 Å². The van der Waals surface area contributed by atoms with Gasteiger partial charge in [-0.15, -0.1) is 0 Å². The number of carboxylic acid groups (broad SMARTS) is 1. The molecule has 0 spiro atoms. The van der Waals surface area contributed by atoms with Crippen molar-refractivity contribution in [3.8, 4) is 5.75 Å². The Balaban J connectivity index is 1.59. The van der Waals surface area contributed by atoms with Crippen molar-refractivity contribution in [3.63, 3.8) is 0 Å². The maximum Gasteiger partial charge on any atom is 0.335 e. The molecule has 0 aliphatic carbocycles. The molecule has 0 fully saturated rings. The molecule has 4 atom stereocenters. The van der Waals surface area contributed by atoms with Gasteiger partial charge in [-0.2, -0.15) is 0 Å². The number of anilines is 1. The van der Waals surface area contributed by atoms with Gasteiger partial charge in [-0.05, 0) is 88.2 Å². The van der Waals surface area contributed by atoms with Gasteiger partial charge in [-0.1, -0.05) is 37.3 Å². The number of fused-ring (bicyclic) bond motifs is 1. The van der Waals surface area contributed by atoms with Gasteiger partial charge in [-0.25, -0.2) is 4.79 Å². The number of aliphatic hydroxyl groups is 1. The van der Waals surface area contributed by atoms with Gasteiger partial charge >= 0.3 is 5.97 Å². The molecule has 0 unspecified atom stereocenters. The fourth-order valence-corrected chi connectivity index (χ4v) is 5.69. The molecular weight excluding hydrogens is 598 g/mol. The number of ether oxygens (including phenoxy) is 2. The lowest BCUT2D eigenvalue weighted by Gasteiger charge is -2.36. The number of aromatic carboxylic acids is 1. The van der Waals surface area contributed by atoms with Crippen LogP contribution in [0.5, 0.6) is 5.75 Å². The summed E-state index contributed by atoms with van der Waals surface area (Å²) in [5.74, 6) is -1.22. The van der Waals surface area contributed by atoms with E-state index in [9.17, 15) is 24.6 Å². The fraction of sp³-hybridized carbons (Fsp3) is 0.432. The van der Waals surface area contributed by atoms with E-state index in [1.54, 1.807) is 66.4 Å². The Hall–Kier alpha value is -4.25. The largest absolute Gasteiger partial charge is 0.490 e. The maximum atomic E-state index is 14.3. The molecule has 4 rings (SSSR count). The molecule has 1 heterocycles. The molecule has 3 aromatic carbocycles. The molecule has 3 aromatic rings. The minimum atomic E-state index is -0.959. The SMILES string of the molecule is C[C@H](CO)N1C[C@H](C)[C@@H](CN(C)Cc2ccc(C(=O)O)cc2)OCCCC[C@H](C)Oc2ccc(NC(=O)c3ccccc3)cc2C1=O. The van der Waals surface area contributed by atoms with E-state index in [2.05, 4.69) is 10.2 Å². The monoisotopic (exact) mass is 645 g/mol. The van der Waals surface area contributed by atoms with Crippen LogP contribution in [0.25, 0.3) is 0 Å². The van der Waals surface area contributed by atoms with Gasteiger partial charge in [0.1, 0.15) is 5.75 Å². The molecular formula is C37H47N3O7. The lowest BCUT2D eigenvalue weighted by atomic mass is 10.0. The van der Waals surface area contributed by atoms with Crippen molar-refractivity contribution >= 4 is 23.5 Å². The van der Waals surface area contributed by atoms with Crippen LogP contribution in [0.2, 0.25) is 0 Å². The number of benzene rings is 3. The number of nitrogens with zero attached hydrogens (tertiary/aromatic N) is 2. The lowest BCUT2D eigenvalue weighted by Crippen LogP contribution is -2.47. The third kappa shape index (κ3) is 10.1. The number of nitrogens with one attached hydrogen (secondary N) is 1. The van der Waals surface area contributed by atoms with Crippen LogP contribution in [-0.4, -0.2) is 89.4 Å². The van der Waals surface area contributed by atoms with Crippen LogP contribution in [-0.2, 0) is 11.3 Å². The zero-order valence-corrected chi connectivity index (χ0v) is 27.7. The average molecular weight is 646 g/mol. The van der Waals surface area contributed by atoms with Gasteiger partial charge < -0.3 is 29.9 Å². The van der Waals surface area contributed by atoms with Crippen molar-refractivity contribution in [1.82, 2.24) is 9.80 Å². The van der Waals surface area contributed by atoms with E-state index >= 15 is 0 Å². The number of carbonyl (C=O) groups excluding carboxylic acids is 2. The molecule has 10 nitrogen and oxygen atoms in total. The smallest absolute Gasteiger partial charge is 0.335 e. The molecule has 0 saturated carbocycles. The predicted molar refractivity (Wildman–Crippen MR) is 181 cm³/mol. The Morgan fingerprint density at radius 2 is 1.74 bits per heavy atom. The Morgan fingerprint density at radius 1 is 1.02 bits per heavy atom. The Morgan fingerprint density at radius 3 is 2.43 bits per heavy atom. The van der Waals surface area contributed by atoms with Crippen molar-refractivity contribution in [2.75, 3.05) is 38.7 Å². The molecule has 3 N–H and O–H groups in total. The van der Waals surface area contributed by atoms with Gasteiger partial charge in [0.25, 0.3) is 11.8 Å². The summed E-state index contributed by atoms with van der Waals surface area (Å²) in [7, 11) is 1.99. The summed E-state index contributed by atoms with van der Waals surface area (Å²) in [6.07, 6.45) is 2.13. The second-order valence-electron chi connectivity index (χ2n) is 12.5. The van der Waals surface area contributed by atoms with Gasteiger partial charge in [0.05, 0.1) is 36.0 Å². The number of carbonyl (C=O) groups is 3. The van der Waals surface area contributed by atoms with Crippen molar-refractivity contribution in [3.05, 3.63) is 95.1 Å². The first-order chi connectivity index (χ1) is 22.5. The van der Waals surface area contributed by atoms with Crippen molar-refractivity contribution in [1.29, 1.82) is 0 Å². The third-order valence-corrected chi connectivity index (χ3v) is 8.49. The first-order valence-corrected chi connectivity index (χ1v) is 16.3. The predicted octanol–water partition coefficient (Wildman–Crippen LogP) is 5.56. The lowest BCUT2D eigenvalue weighted by molar-refractivity contribution is -0.0177. The van der Waals surface area contributed by atoms with Gasteiger partial charge in [0.2, 0.25) is 0 Å². The maximum absolute atomic E-state index is 14.3. The topological polar surface area (TPSA) is 129 Å². The molecule has 0 bridgehead atoms. The van der Waals surface area contributed by atoms with E-state index in [0.29, 0.717) is 48.8 Å². The quantitative estimate of drug-likeness (QED) is 0.276. The second kappa shape index (κ2) is 17.1. The van der Waals surface area contributed by atoms with Crippen molar-refractivity contribution < 1.29 is 34.1 Å². The highest BCUT2D eigenvalue weighted by Crippen LogP contribution is 2.29. The number of hydrogen-bond donors (Lipinski definition) is 3. The van der Waals surface area contributed by atoms with Crippen LogP contribution in [0.3, 0.4) is 0 Å². The van der Waals surface area contributed by atoms with Gasteiger partial charge in [0.15, 0.2) is 0 Å². The van der Waals surface area contributed by atoms with Crippen molar-refractivity contribution in [2.45, 2.75) is 64.8 Å². The number of aliphatic hydroxyl groups excluding tert-OH is 1. The number of likely N-dealkylation sites (N-methyl/N-ethyl adjacent to an activating group) is 1. The highest BCUT2D eigenvalue weighted by atomic mass is 16.5. The zero-order chi connectivity index (χ0) is 33.9. The number of carboxylic acids is 1. The zero-order valence-electron chi connectivity index (χ0n) is 27.7. The molecule has 47 heavy (non-hydrogen) atoms. The van der Waals surface area contributed by atoms with Crippen LogP contribution in [0.15, 0.2) is 72.8 Å². The number of amides is 2. The van der Waals surface area contributed by atoms with E-state index in [-0.39, 0.29) is 42.1 Å². The summed E-state index contributed by atoms with van der Waals surface area (Å²) < 4.78 is 12.7. The molecule has 0 radical (unpaired) electrons. The van der Waals surface area contributed by atoms with E-state index < -0.39 is 12.0 Å². The van der Waals surface area contributed by atoms with Gasteiger partial charge in [-0.3, -0.25) is 14.5 Å². The van der Waals surface area contributed by atoms with Crippen LogP contribution in [0.4, 0.5) is 5.69 Å². The molecule has 1 aliphatic rings. The average Bonchev–Trinajstić information content (AvgIpc) is 3.06. The summed E-state index contributed by atoms with van der Waals surface area (Å²) in [6, 6.07) is 20.3. The number of hydrogen-bond acceptors (Lipinski definition) is 7. The molecule has 0 aromatic heterocycles. The highest BCUT2D eigenvalue weighted by molar-refractivity contribution is 6.05. The summed E-state index contributed by atoms with van der Waals surface area (Å²) >= 11 is 0. The molecule has 10 heteroatoms. The minimum Gasteiger partial charge on any atom is -0.490 e. The highest BCUT2D eigenvalue weighted by Gasteiger charge is 2.30. The fourth-order valence-electron chi connectivity index (χ4n) is 5.69. The van der Waals surface area contributed by atoms with Gasteiger partial charge in [0, 0.05) is 43.4 Å². The summed E-state index contributed by atoms with van der Waals surface area (Å²) in [5.41, 5.74) is 2.51. The van der Waals surface area contributed by atoms with E-state index in [0.717, 1.165) is 24.8 Å². The summed E-state index contributed by atoms with van der Waals surface area (Å²) in [6.45, 7) is 7.67. The van der Waals surface area contributed by atoms with Crippen LogP contribution < -0.4 is 10.1 Å². The normalized spacial score (nSPS) is 20.1. The van der Waals surface area contributed by atoms with E-state index in [4.69, 9.17) is 9.47 Å². The van der Waals surface area contributed by atoms with Crippen molar-refractivity contribution in [2.24, 2.45) is 5.92 Å². The molecule has 1 aliphatic heterocycles. The Bertz CT molecular complexity index is 1480. The van der Waals surface area contributed by atoms with E-state index in [1.165, 1.54) is 0 Å². The molecule has 0 saturated heterocycles. The van der Waals surface area contributed by atoms with Crippen LogP contribution >= 0.6 is 0 Å². The van der Waals surface area contributed by atoms with Crippen LogP contribution in [0.1, 0.15) is 76.7 Å². The summed E-state index contributed by atoms with van der Waals surface area (Å²) in [4.78, 5) is 42.3. The number of rotatable bonds is 9. The standard InChI is InChI=1S/C37H47N3O7/c1-25-21-40(26(2)24-41)36(43)32-20-31(38-35(42)29-11-6-5-7-12-29)17-18-33(32)47-27(3)10-8-9-19-46-34(25)23-39(4)22-28-13-15-30(16-14-28)37(44)45/h5-7,11-18,20,25-27,34,41H,8-10,19,21-24H2,1-4H3,(H,38,42)(H,44,45)/t25-,26+,27-,34+/m0/s1. The second-order valence-corrected chi connectivity index (χ2v) is 12.5. The van der Waals surface area contributed by atoms with E-state index in [1.807, 2.05) is 39.1 Å². The summed E-state index contributed by atoms with van der Waals surface area (Å²) in [5, 5.41) is 22.4. The molecule has 252 valence electrons. The Labute approximate surface area is 277 Å².